The van der Waals surface area contributed by atoms with E-state index in [1.54, 1.807) is 26.0 Å². The van der Waals surface area contributed by atoms with Crippen molar-refractivity contribution in [2.45, 2.75) is 12.5 Å². The minimum atomic E-state index is -1.17. The fourth-order valence-electron chi connectivity index (χ4n) is 2.72. The van der Waals surface area contributed by atoms with Gasteiger partial charge in [-0.1, -0.05) is 0 Å². The number of carboxylic acid groups (broad SMARTS) is 1. The number of benzene rings is 1. The van der Waals surface area contributed by atoms with Gasteiger partial charge in [0.2, 0.25) is 5.88 Å². The molecule has 2 heterocycles. The number of likely N-dealkylation sites (tertiary alicyclic amines) is 1. The fraction of sp³-hybridized carbons (Fsp3) is 0.316. The third-order valence-electron chi connectivity index (χ3n) is 4.26. The number of aromatic nitrogens is 2. The molecule has 152 valence electrons. The van der Waals surface area contributed by atoms with E-state index in [0.29, 0.717) is 13.0 Å². The number of rotatable bonds is 6. The molecule has 2 aromatic rings. The van der Waals surface area contributed by atoms with Crippen molar-refractivity contribution in [2.75, 3.05) is 27.7 Å². The van der Waals surface area contributed by atoms with Gasteiger partial charge in [-0.25, -0.2) is 14.8 Å². The number of amides is 2. The van der Waals surface area contributed by atoms with Crippen LogP contribution < -0.4 is 9.47 Å². The first-order valence-electron chi connectivity index (χ1n) is 8.76. The van der Waals surface area contributed by atoms with Gasteiger partial charge in [-0.15, -0.1) is 0 Å². The summed E-state index contributed by atoms with van der Waals surface area (Å²) in [6.07, 6.45) is 2.37. The molecule has 0 radical (unpaired) electrons. The summed E-state index contributed by atoms with van der Waals surface area (Å²) in [5, 5.41) is 9.35. The van der Waals surface area contributed by atoms with Gasteiger partial charge in [0, 0.05) is 40.2 Å². The Bertz CT molecular complexity index is 944. The molecule has 0 saturated carbocycles. The molecule has 1 fully saturated rings. The fourth-order valence-corrected chi connectivity index (χ4v) is 2.72. The summed E-state index contributed by atoms with van der Waals surface area (Å²) in [6, 6.07) is 4.10. The van der Waals surface area contributed by atoms with Crippen LogP contribution in [0.1, 0.15) is 27.3 Å². The SMILES string of the molecule is CN(C)C(=O)c1cnc(Oc2cc(O[C@H]3CCN(C)C3=O)cc(C(=O)O)c2)cn1. The summed E-state index contributed by atoms with van der Waals surface area (Å²) in [5.41, 5.74) is 0.0817. The van der Waals surface area contributed by atoms with Crippen LogP contribution in [0, 0.1) is 0 Å². The molecule has 2 amide bonds. The maximum atomic E-state index is 12.0. The molecule has 1 aliphatic rings. The molecule has 1 N–H and O–H groups in total. The second-order valence-corrected chi connectivity index (χ2v) is 6.69. The lowest BCUT2D eigenvalue weighted by molar-refractivity contribution is -0.132. The van der Waals surface area contributed by atoms with E-state index in [1.165, 1.54) is 35.5 Å². The van der Waals surface area contributed by atoms with E-state index in [1.807, 2.05) is 0 Å². The van der Waals surface area contributed by atoms with Crippen molar-refractivity contribution >= 4 is 17.8 Å². The molecule has 0 spiro atoms. The summed E-state index contributed by atoms with van der Waals surface area (Å²) in [6.45, 7) is 0.569. The van der Waals surface area contributed by atoms with E-state index in [4.69, 9.17) is 9.47 Å². The molecule has 10 nitrogen and oxygen atoms in total. The molecule has 1 saturated heterocycles. The number of carbonyl (C=O) groups excluding carboxylic acids is 2. The van der Waals surface area contributed by atoms with Crippen molar-refractivity contribution in [3.05, 3.63) is 41.9 Å². The molecular weight excluding hydrogens is 380 g/mol. The van der Waals surface area contributed by atoms with Crippen LogP contribution in [0.4, 0.5) is 0 Å². The molecule has 1 aromatic carbocycles. The largest absolute Gasteiger partial charge is 0.480 e. The molecule has 3 rings (SSSR count). The number of nitrogens with zero attached hydrogens (tertiary/aromatic N) is 4. The van der Waals surface area contributed by atoms with E-state index >= 15 is 0 Å². The summed E-state index contributed by atoms with van der Waals surface area (Å²) in [4.78, 5) is 46.3. The van der Waals surface area contributed by atoms with E-state index in [2.05, 4.69) is 9.97 Å². The Kier molecular flexibility index (Phi) is 5.62. The zero-order valence-electron chi connectivity index (χ0n) is 16.2. The van der Waals surface area contributed by atoms with Crippen LogP contribution in [0.5, 0.6) is 17.4 Å². The number of carboxylic acids is 1. The summed E-state index contributed by atoms with van der Waals surface area (Å²) in [5.74, 6) is -1.22. The van der Waals surface area contributed by atoms with Gasteiger partial charge in [0.1, 0.15) is 17.2 Å². The van der Waals surface area contributed by atoms with Crippen LogP contribution >= 0.6 is 0 Å². The predicted octanol–water partition coefficient (Wildman–Crippen LogP) is 1.28. The maximum absolute atomic E-state index is 12.0. The van der Waals surface area contributed by atoms with Gasteiger partial charge in [0.25, 0.3) is 11.8 Å². The highest BCUT2D eigenvalue weighted by molar-refractivity contribution is 5.91. The van der Waals surface area contributed by atoms with E-state index in [0.717, 1.165) is 0 Å². The second-order valence-electron chi connectivity index (χ2n) is 6.69. The third-order valence-corrected chi connectivity index (χ3v) is 4.26. The second kappa shape index (κ2) is 8.13. The molecule has 1 aliphatic heterocycles. The zero-order valence-corrected chi connectivity index (χ0v) is 16.2. The number of carbonyl (C=O) groups is 3. The maximum Gasteiger partial charge on any atom is 0.335 e. The third kappa shape index (κ3) is 4.60. The quantitative estimate of drug-likeness (QED) is 0.769. The topological polar surface area (TPSA) is 122 Å². The Morgan fingerprint density at radius 1 is 1.17 bits per heavy atom. The molecule has 10 heteroatoms. The van der Waals surface area contributed by atoms with Crippen LogP contribution in [0.3, 0.4) is 0 Å². The van der Waals surface area contributed by atoms with Crippen molar-refractivity contribution in [2.24, 2.45) is 0 Å². The predicted molar refractivity (Wildman–Crippen MR) is 100 cm³/mol. The number of ether oxygens (including phenoxy) is 2. The standard InChI is InChI=1S/C19H20N4O6/c1-22(2)17(24)14-9-21-16(10-20-14)29-13-7-11(19(26)27)6-12(8-13)28-15-4-5-23(3)18(15)25/h6-10,15H,4-5H2,1-3H3,(H,26,27)/t15-/m0/s1. The molecule has 0 unspecified atom stereocenters. The van der Waals surface area contributed by atoms with Crippen LogP contribution in [0.15, 0.2) is 30.6 Å². The highest BCUT2D eigenvalue weighted by Gasteiger charge is 2.31. The average molecular weight is 400 g/mol. The zero-order chi connectivity index (χ0) is 21.1. The van der Waals surface area contributed by atoms with Crippen LogP contribution in [0.25, 0.3) is 0 Å². The smallest absolute Gasteiger partial charge is 0.335 e. The summed E-state index contributed by atoms with van der Waals surface area (Å²) in [7, 11) is 4.87. The van der Waals surface area contributed by atoms with Gasteiger partial charge in [0.05, 0.1) is 18.0 Å². The van der Waals surface area contributed by atoms with Gasteiger partial charge in [-0.2, -0.15) is 0 Å². The monoisotopic (exact) mass is 400 g/mol. The van der Waals surface area contributed by atoms with Gasteiger partial charge in [-0.05, 0) is 12.1 Å². The van der Waals surface area contributed by atoms with Gasteiger partial charge >= 0.3 is 5.97 Å². The van der Waals surface area contributed by atoms with Crippen molar-refractivity contribution < 1.29 is 29.0 Å². The highest BCUT2D eigenvalue weighted by Crippen LogP contribution is 2.28. The minimum absolute atomic E-state index is 0.0661. The molecule has 1 atom stereocenters. The number of hydrogen-bond donors (Lipinski definition) is 1. The minimum Gasteiger partial charge on any atom is -0.480 e. The van der Waals surface area contributed by atoms with Gasteiger partial charge < -0.3 is 24.4 Å². The van der Waals surface area contributed by atoms with Crippen LogP contribution in [0.2, 0.25) is 0 Å². The summed E-state index contributed by atoms with van der Waals surface area (Å²) < 4.78 is 11.3. The summed E-state index contributed by atoms with van der Waals surface area (Å²) >= 11 is 0. The van der Waals surface area contributed by atoms with E-state index in [9.17, 15) is 19.5 Å². The highest BCUT2D eigenvalue weighted by atomic mass is 16.5. The lowest BCUT2D eigenvalue weighted by Crippen LogP contribution is -2.29. The number of aromatic carboxylic acids is 1. The Labute approximate surface area is 166 Å². The van der Waals surface area contributed by atoms with Crippen molar-refractivity contribution in [3.63, 3.8) is 0 Å². The lowest BCUT2D eigenvalue weighted by Gasteiger charge is -2.15. The van der Waals surface area contributed by atoms with Crippen molar-refractivity contribution in [1.29, 1.82) is 0 Å². The first-order valence-corrected chi connectivity index (χ1v) is 8.76. The normalized spacial score (nSPS) is 15.9. The number of likely N-dealkylation sites (N-methyl/N-ethyl adjacent to an activating group) is 1. The van der Waals surface area contributed by atoms with E-state index < -0.39 is 12.1 Å². The Morgan fingerprint density at radius 3 is 2.45 bits per heavy atom. The van der Waals surface area contributed by atoms with Crippen LogP contribution in [-0.2, 0) is 4.79 Å². The number of hydrogen-bond acceptors (Lipinski definition) is 7. The molecule has 1 aromatic heterocycles. The van der Waals surface area contributed by atoms with E-state index in [-0.39, 0.29) is 40.5 Å². The Hall–Kier alpha value is -3.69. The molecule has 0 bridgehead atoms. The average Bonchev–Trinajstić information content (AvgIpc) is 3.00. The molecule has 0 aliphatic carbocycles. The van der Waals surface area contributed by atoms with Crippen molar-refractivity contribution in [3.8, 4) is 17.4 Å². The molecule has 29 heavy (non-hydrogen) atoms. The van der Waals surface area contributed by atoms with Crippen molar-refractivity contribution in [1.82, 2.24) is 19.8 Å². The van der Waals surface area contributed by atoms with Gasteiger partial charge in [-0.3, -0.25) is 9.59 Å². The van der Waals surface area contributed by atoms with Crippen LogP contribution in [-0.4, -0.2) is 76.4 Å². The first-order chi connectivity index (χ1) is 13.7. The first kappa shape index (κ1) is 20.1. The lowest BCUT2D eigenvalue weighted by atomic mass is 10.2. The Morgan fingerprint density at radius 2 is 1.90 bits per heavy atom. The van der Waals surface area contributed by atoms with Gasteiger partial charge in [0.15, 0.2) is 6.10 Å². The Balaban J connectivity index is 1.81. The molecular formula is C19H20N4O6.